The number of likely N-dealkylation sites (N-methyl/N-ethyl adjacent to an activating group) is 1. The van der Waals surface area contributed by atoms with E-state index in [1.807, 2.05) is 0 Å². The Kier molecular flexibility index (Phi) is 6.63. The van der Waals surface area contributed by atoms with E-state index in [1.54, 1.807) is 20.8 Å². The van der Waals surface area contributed by atoms with E-state index < -0.39 is 56.4 Å². The molecule has 0 aromatic carbocycles. The van der Waals surface area contributed by atoms with Crippen LogP contribution in [0.15, 0.2) is 11.4 Å². The summed E-state index contributed by atoms with van der Waals surface area (Å²) in [6.45, 7) is 4.57. The van der Waals surface area contributed by atoms with Crippen LogP contribution in [0.1, 0.15) is 44.1 Å². The summed E-state index contributed by atoms with van der Waals surface area (Å²) in [5, 5.41) is 8.76. The number of hydrogen-bond donors (Lipinski definition) is 3. The van der Waals surface area contributed by atoms with Crippen LogP contribution in [0.25, 0.3) is 0 Å². The van der Waals surface area contributed by atoms with Gasteiger partial charge in [-0.2, -0.15) is 27.0 Å². The molecule has 2 aliphatic rings. The minimum Gasteiger partial charge on any atom is -0.443 e. The van der Waals surface area contributed by atoms with Gasteiger partial charge in [0.1, 0.15) is 17.7 Å². The van der Waals surface area contributed by atoms with Crippen molar-refractivity contribution in [2.75, 3.05) is 13.6 Å². The third-order valence-electron chi connectivity index (χ3n) is 4.68. The number of hydrazine groups is 1. The number of carbonyl (C=O) groups excluding carboxylic acids is 2. The van der Waals surface area contributed by atoms with Crippen molar-refractivity contribution in [2.24, 2.45) is 12.2 Å². The largest absolute Gasteiger partial charge is 0.466 e. The number of carbonyl (C=O) groups is 2. The zero-order chi connectivity index (χ0) is 26.5. The van der Waals surface area contributed by atoms with Crippen LogP contribution in [0.2, 0.25) is 0 Å². The highest BCUT2D eigenvalue weighted by molar-refractivity contribution is 7.81. The molecule has 196 valence electrons. The first-order valence-corrected chi connectivity index (χ1v) is 12.4. The van der Waals surface area contributed by atoms with E-state index in [9.17, 15) is 26.4 Å². The van der Waals surface area contributed by atoms with E-state index in [2.05, 4.69) is 24.2 Å². The highest BCUT2D eigenvalue weighted by Crippen LogP contribution is 2.44. The molecule has 0 aliphatic carbocycles. The summed E-state index contributed by atoms with van der Waals surface area (Å²) in [4.78, 5) is 26.3. The minimum absolute atomic E-state index is 0.201. The maximum atomic E-state index is 13.0. The smallest absolute Gasteiger partial charge is 0.443 e. The zero-order valence-corrected chi connectivity index (χ0v) is 20.6. The predicted octanol–water partition coefficient (Wildman–Crippen LogP) is -0.508. The molecule has 0 radical (unpaired) electrons. The molecule has 1 fully saturated rings. The van der Waals surface area contributed by atoms with Gasteiger partial charge in [-0.25, -0.2) is 19.3 Å². The Hall–Kier alpha value is -3.20. The second kappa shape index (κ2) is 8.78. The molecule has 20 heteroatoms. The van der Waals surface area contributed by atoms with Crippen molar-refractivity contribution in [2.45, 2.75) is 38.5 Å². The molecule has 1 aromatic rings. The van der Waals surface area contributed by atoms with Gasteiger partial charge in [0, 0.05) is 19.7 Å². The van der Waals surface area contributed by atoms with Gasteiger partial charge in [-0.1, -0.05) is 0 Å². The number of hydroxylamine groups is 2. The lowest BCUT2D eigenvalue weighted by Crippen LogP contribution is -2.52. The fourth-order valence-corrected chi connectivity index (χ4v) is 4.11. The molecule has 35 heavy (non-hydrogen) atoms. The summed E-state index contributed by atoms with van der Waals surface area (Å²) in [6, 6.07) is -3.44. The Morgan fingerprint density at radius 1 is 1.26 bits per heavy atom. The van der Waals surface area contributed by atoms with Crippen molar-refractivity contribution >= 4 is 38.8 Å². The number of aryl methyl sites for hydroxylation is 1. The number of amidine groups is 1. The van der Waals surface area contributed by atoms with Gasteiger partial charge in [-0.3, -0.25) is 18.8 Å². The van der Waals surface area contributed by atoms with Crippen LogP contribution in [0.3, 0.4) is 0 Å². The molecule has 3 rings (SSSR count). The molecule has 3 N–H and O–H groups in total. The quantitative estimate of drug-likeness (QED) is 0.185. The molecule has 0 saturated carbocycles. The number of oxime groups is 1. The lowest BCUT2D eigenvalue weighted by Gasteiger charge is -2.35. The Balaban J connectivity index is 2.08. The summed E-state index contributed by atoms with van der Waals surface area (Å²) >= 11 is 0. The maximum Gasteiger partial charge on any atom is 0.466 e. The lowest BCUT2D eigenvalue weighted by atomic mass is 9.97. The van der Waals surface area contributed by atoms with Crippen molar-refractivity contribution in [3.8, 4) is 0 Å². The van der Waals surface area contributed by atoms with Gasteiger partial charge >= 0.3 is 32.9 Å². The molecule has 0 spiro atoms. The Morgan fingerprint density at radius 3 is 2.43 bits per heavy atom. The highest BCUT2D eigenvalue weighted by atomic mass is 32.3. The van der Waals surface area contributed by atoms with E-state index in [4.69, 9.17) is 13.8 Å². The van der Waals surface area contributed by atoms with E-state index >= 15 is 0 Å². The standard InChI is InChI=1S/C15H23N7O11S2/c1-15(2,3)31-13(23)17-20(5)12(18-32-34(25,26)27)11-10-8(6-16-19(10)4)9-7-21(11)14(24)22(9)33-35(28,29)30/h6,9,11H,7H2,1-5H3,(H,17,23)(H,25,26,27)(H,28,29,30)/b18-12-/t9-,11-/m0/s1. The van der Waals surface area contributed by atoms with Crippen molar-refractivity contribution in [3.63, 3.8) is 0 Å². The van der Waals surface area contributed by atoms with Gasteiger partial charge in [0.25, 0.3) is 0 Å². The molecular formula is C15H23N7O11S2. The monoisotopic (exact) mass is 541 g/mol. The normalized spacial score (nSPS) is 20.5. The van der Waals surface area contributed by atoms with E-state index in [-0.39, 0.29) is 17.8 Å². The van der Waals surface area contributed by atoms with Crippen LogP contribution in [0.5, 0.6) is 0 Å². The van der Waals surface area contributed by atoms with E-state index in [1.165, 1.54) is 25.0 Å². The molecule has 3 amide bonds. The molecule has 1 aromatic heterocycles. The molecule has 3 heterocycles. The van der Waals surface area contributed by atoms with Crippen molar-refractivity contribution < 1.29 is 48.8 Å². The Morgan fingerprint density at radius 2 is 1.89 bits per heavy atom. The second-order valence-electron chi connectivity index (χ2n) is 8.41. The van der Waals surface area contributed by atoms with Crippen LogP contribution in [0.4, 0.5) is 9.59 Å². The number of amides is 3. The lowest BCUT2D eigenvalue weighted by molar-refractivity contribution is -0.0316. The number of ether oxygens (including phenoxy) is 1. The third-order valence-corrected chi connectivity index (χ3v) is 5.29. The van der Waals surface area contributed by atoms with Gasteiger partial charge < -0.3 is 9.64 Å². The first-order valence-electron chi connectivity index (χ1n) is 9.64. The van der Waals surface area contributed by atoms with Gasteiger partial charge in [0.05, 0.1) is 18.4 Å². The van der Waals surface area contributed by atoms with Gasteiger partial charge in [-0.05, 0) is 25.9 Å². The van der Waals surface area contributed by atoms with Crippen LogP contribution in [-0.2, 0) is 41.2 Å². The van der Waals surface area contributed by atoms with Crippen LogP contribution >= 0.6 is 0 Å². The molecular weight excluding hydrogens is 518 g/mol. The number of hydrogen-bond acceptors (Lipinski definition) is 11. The first kappa shape index (κ1) is 26.4. The molecule has 18 nitrogen and oxygen atoms in total. The number of nitrogens with zero attached hydrogens (tertiary/aromatic N) is 6. The molecule has 2 aliphatic heterocycles. The highest BCUT2D eigenvalue weighted by Gasteiger charge is 2.54. The Bertz CT molecular complexity index is 1270. The number of fused-ring (bicyclic) bond motifs is 4. The summed E-state index contributed by atoms with van der Waals surface area (Å²) in [7, 11) is -7.52. The van der Waals surface area contributed by atoms with Gasteiger partial charge in [0.15, 0.2) is 5.84 Å². The molecule has 2 bridgehead atoms. The number of nitrogens with one attached hydrogen (secondary N) is 1. The second-order valence-corrected chi connectivity index (χ2v) is 10.4. The number of aromatic nitrogens is 2. The number of urea groups is 1. The summed E-state index contributed by atoms with van der Waals surface area (Å²) in [6.07, 6.45) is 0.314. The van der Waals surface area contributed by atoms with Crippen molar-refractivity contribution in [3.05, 3.63) is 17.5 Å². The molecule has 2 atom stereocenters. The average Bonchev–Trinajstić information content (AvgIpc) is 3.15. The predicted molar refractivity (Wildman–Crippen MR) is 112 cm³/mol. The van der Waals surface area contributed by atoms with Crippen molar-refractivity contribution in [1.82, 2.24) is 30.2 Å². The van der Waals surface area contributed by atoms with E-state index in [0.717, 1.165) is 9.91 Å². The first-order chi connectivity index (χ1) is 15.9. The summed E-state index contributed by atoms with van der Waals surface area (Å²) in [5.74, 6) is -0.459. The average molecular weight is 542 g/mol. The van der Waals surface area contributed by atoms with Gasteiger partial charge in [-0.15, -0.1) is 4.28 Å². The SMILES string of the molecule is CN(NC(=O)OC(C)(C)C)/C(=N\OS(=O)(=O)O)[C@@H]1c2c(cnn2C)[C@@H]2CN1C(=O)N2OS(=O)(=O)O. The topological polar surface area (TPSA) is 222 Å². The Labute approximate surface area is 199 Å². The maximum absolute atomic E-state index is 13.0. The fraction of sp³-hybridized carbons (Fsp3) is 0.600. The molecule has 0 unspecified atom stereocenters. The molecule has 1 saturated heterocycles. The van der Waals surface area contributed by atoms with Crippen LogP contribution < -0.4 is 5.43 Å². The zero-order valence-electron chi connectivity index (χ0n) is 19.0. The fourth-order valence-electron chi connectivity index (χ4n) is 3.56. The number of rotatable bonds is 5. The van der Waals surface area contributed by atoms with Crippen LogP contribution in [-0.4, -0.2) is 87.8 Å². The van der Waals surface area contributed by atoms with Gasteiger partial charge in [0.2, 0.25) is 0 Å². The third kappa shape index (κ3) is 5.90. The minimum atomic E-state index is -5.12. The van der Waals surface area contributed by atoms with Crippen molar-refractivity contribution in [1.29, 1.82) is 0 Å². The summed E-state index contributed by atoms with van der Waals surface area (Å²) < 4.78 is 78.2. The van der Waals surface area contributed by atoms with Crippen LogP contribution in [0, 0.1) is 0 Å². The summed E-state index contributed by atoms with van der Waals surface area (Å²) in [5.41, 5.74) is 1.83. The van der Waals surface area contributed by atoms with E-state index in [0.29, 0.717) is 5.06 Å².